The highest BCUT2D eigenvalue weighted by molar-refractivity contribution is 5.87. The number of carboxylic acids is 1. The molecule has 0 unspecified atom stereocenters. The predicted molar refractivity (Wildman–Crippen MR) is 59.3 cm³/mol. The molecule has 0 saturated heterocycles. The van der Waals surface area contributed by atoms with Gasteiger partial charge in [-0.1, -0.05) is 19.9 Å². The van der Waals surface area contributed by atoms with Crippen LogP contribution in [-0.4, -0.2) is 22.6 Å². The minimum Gasteiger partial charge on any atom is -0.477 e. The lowest BCUT2D eigenvalue weighted by atomic mass is 10.2. The quantitative estimate of drug-likeness (QED) is 0.795. The van der Waals surface area contributed by atoms with Gasteiger partial charge in [0.1, 0.15) is 5.82 Å². The van der Waals surface area contributed by atoms with E-state index in [-0.39, 0.29) is 5.69 Å². The maximum atomic E-state index is 10.8. The topological polar surface area (TPSA) is 62.2 Å². The molecule has 0 amide bonds. The van der Waals surface area contributed by atoms with Crippen molar-refractivity contribution in [2.45, 2.75) is 20.8 Å². The van der Waals surface area contributed by atoms with Crippen LogP contribution in [-0.2, 0) is 0 Å². The van der Waals surface area contributed by atoms with Gasteiger partial charge in [0.05, 0.1) is 0 Å². The third kappa shape index (κ3) is 3.23. The van der Waals surface area contributed by atoms with Crippen LogP contribution in [0.25, 0.3) is 0 Å². The summed E-state index contributed by atoms with van der Waals surface area (Å²) in [4.78, 5) is 14.9. The second-order valence-electron chi connectivity index (χ2n) is 3.94. The number of anilines is 1. The molecule has 0 bridgehead atoms. The first-order valence-corrected chi connectivity index (χ1v) is 4.95. The highest BCUT2D eigenvalue weighted by Gasteiger charge is 2.09. The predicted octanol–water partition coefficient (Wildman–Crippen LogP) is 2.16. The van der Waals surface area contributed by atoms with Gasteiger partial charge >= 0.3 is 5.97 Å². The summed E-state index contributed by atoms with van der Waals surface area (Å²) in [7, 11) is 0. The molecule has 0 fully saturated rings. The maximum absolute atomic E-state index is 10.8. The molecule has 0 aliphatic rings. The molecule has 82 valence electrons. The van der Waals surface area contributed by atoms with Crippen LogP contribution >= 0.6 is 0 Å². The van der Waals surface area contributed by atoms with Gasteiger partial charge in [0, 0.05) is 6.54 Å². The molecule has 1 heterocycles. The Morgan fingerprint density at radius 2 is 2.20 bits per heavy atom. The first kappa shape index (κ1) is 11.5. The van der Waals surface area contributed by atoms with Gasteiger partial charge in [0.25, 0.3) is 0 Å². The number of carbonyl (C=O) groups is 1. The lowest BCUT2D eigenvalue weighted by molar-refractivity contribution is 0.0690. The van der Waals surface area contributed by atoms with Gasteiger partial charge in [-0.25, -0.2) is 9.78 Å². The summed E-state index contributed by atoms with van der Waals surface area (Å²) in [6.45, 7) is 6.69. The number of nitrogens with zero attached hydrogens (tertiary/aromatic N) is 1. The number of aryl methyl sites for hydroxylation is 1. The minimum absolute atomic E-state index is 0.115. The number of carboxylic acid groups (broad SMARTS) is 1. The zero-order chi connectivity index (χ0) is 11.4. The summed E-state index contributed by atoms with van der Waals surface area (Å²) >= 11 is 0. The summed E-state index contributed by atoms with van der Waals surface area (Å²) in [6, 6.07) is 3.56. The Morgan fingerprint density at radius 1 is 1.53 bits per heavy atom. The lowest BCUT2D eigenvalue weighted by Crippen LogP contribution is -2.11. The van der Waals surface area contributed by atoms with E-state index in [9.17, 15) is 4.79 Å². The van der Waals surface area contributed by atoms with Crippen LogP contribution in [0.5, 0.6) is 0 Å². The molecule has 0 radical (unpaired) electrons. The van der Waals surface area contributed by atoms with Gasteiger partial charge in [-0.15, -0.1) is 0 Å². The third-order valence-corrected chi connectivity index (χ3v) is 1.99. The van der Waals surface area contributed by atoms with Crippen molar-refractivity contribution in [3.05, 3.63) is 23.4 Å². The summed E-state index contributed by atoms with van der Waals surface area (Å²) in [5, 5.41) is 12.0. The van der Waals surface area contributed by atoms with Crippen LogP contribution < -0.4 is 5.32 Å². The monoisotopic (exact) mass is 208 g/mol. The number of hydrogen-bond acceptors (Lipinski definition) is 3. The van der Waals surface area contributed by atoms with Crippen LogP contribution in [0.15, 0.2) is 12.1 Å². The van der Waals surface area contributed by atoms with Crippen LogP contribution in [0.4, 0.5) is 5.82 Å². The summed E-state index contributed by atoms with van der Waals surface area (Å²) in [5.74, 6) is 0.133. The molecule has 4 heteroatoms. The maximum Gasteiger partial charge on any atom is 0.354 e. The van der Waals surface area contributed by atoms with Crippen molar-refractivity contribution in [3.63, 3.8) is 0 Å². The standard InChI is InChI=1S/C11H16N2O2/c1-7(2)6-12-9-5-4-8(3)10(13-9)11(14)15/h4-5,7H,6H2,1-3H3,(H,12,13)(H,14,15). The van der Waals surface area contributed by atoms with Gasteiger partial charge in [-0.2, -0.15) is 0 Å². The lowest BCUT2D eigenvalue weighted by Gasteiger charge is -2.09. The third-order valence-electron chi connectivity index (χ3n) is 1.99. The number of hydrogen-bond donors (Lipinski definition) is 2. The summed E-state index contributed by atoms with van der Waals surface area (Å²) in [5.41, 5.74) is 0.793. The SMILES string of the molecule is Cc1ccc(NCC(C)C)nc1C(=O)O. The van der Waals surface area contributed by atoms with Gasteiger partial charge in [0.2, 0.25) is 0 Å². The van der Waals surface area contributed by atoms with E-state index in [0.29, 0.717) is 17.3 Å². The van der Waals surface area contributed by atoms with Gasteiger partial charge in [0.15, 0.2) is 5.69 Å². The Bertz CT molecular complexity index is 362. The molecule has 0 aliphatic carbocycles. The van der Waals surface area contributed by atoms with Crippen LogP contribution in [0.1, 0.15) is 29.9 Å². The normalized spacial score (nSPS) is 10.4. The second kappa shape index (κ2) is 4.77. The largest absolute Gasteiger partial charge is 0.477 e. The van der Waals surface area contributed by atoms with Crippen LogP contribution in [0.3, 0.4) is 0 Å². The molecule has 0 aromatic carbocycles. The van der Waals surface area contributed by atoms with Gasteiger partial charge < -0.3 is 10.4 Å². The van der Waals surface area contributed by atoms with E-state index < -0.39 is 5.97 Å². The fraction of sp³-hybridized carbons (Fsp3) is 0.455. The molecule has 2 N–H and O–H groups in total. The second-order valence-corrected chi connectivity index (χ2v) is 3.94. The molecule has 1 aromatic rings. The van der Waals surface area contributed by atoms with Crippen molar-refractivity contribution in [1.82, 2.24) is 4.98 Å². The molecule has 4 nitrogen and oxygen atoms in total. The number of nitrogens with one attached hydrogen (secondary N) is 1. The molecule has 0 atom stereocenters. The van der Waals surface area contributed by atoms with Crippen molar-refractivity contribution in [2.75, 3.05) is 11.9 Å². The molecule has 1 aromatic heterocycles. The Balaban J connectivity index is 2.83. The van der Waals surface area contributed by atoms with Crippen molar-refractivity contribution in [1.29, 1.82) is 0 Å². The van der Waals surface area contributed by atoms with E-state index in [0.717, 1.165) is 6.54 Å². The minimum atomic E-state index is -0.985. The van der Waals surface area contributed by atoms with E-state index in [4.69, 9.17) is 5.11 Å². The fourth-order valence-corrected chi connectivity index (χ4v) is 1.15. The van der Waals surface area contributed by atoms with Crippen LogP contribution in [0, 0.1) is 12.8 Å². The fourth-order valence-electron chi connectivity index (χ4n) is 1.15. The molecule has 0 spiro atoms. The first-order valence-electron chi connectivity index (χ1n) is 4.95. The molecule has 1 rings (SSSR count). The Labute approximate surface area is 89.3 Å². The zero-order valence-corrected chi connectivity index (χ0v) is 9.24. The van der Waals surface area contributed by atoms with E-state index in [2.05, 4.69) is 24.1 Å². The molecule has 0 aliphatic heterocycles. The number of aromatic nitrogens is 1. The molecular formula is C11H16N2O2. The average Bonchev–Trinajstić information content (AvgIpc) is 2.16. The highest BCUT2D eigenvalue weighted by Crippen LogP contribution is 2.10. The van der Waals surface area contributed by atoms with Crippen molar-refractivity contribution < 1.29 is 9.90 Å². The summed E-state index contributed by atoms with van der Waals surface area (Å²) in [6.07, 6.45) is 0. The Kier molecular flexibility index (Phi) is 3.66. The van der Waals surface area contributed by atoms with E-state index >= 15 is 0 Å². The summed E-state index contributed by atoms with van der Waals surface area (Å²) < 4.78 is 0. The van der Waals surface area contributed by atoms with Crippen LogP contribution in [0.2, 0.25) is 0 Å². The Hall–Kier alpha value is -1.58. The van der Waals surface area contributed by atoms with Gasteiger partial charge in [-0.05, 0) is 24.5 Å². The molecular weight excluding hydrogens is 192 g/mol. The number of rotatable bonds is 4. The van der Waals surface area contributed by atoms with Crippen molar-refractivity contribution in [3.8, 4) is 0 Å². The average molecular weight is 208 g/mol. The van der Waals surface area contributed by atoms with E-state index in [1.165, 1.54) is 0 Å². The van der Waals surface area contributed by atoms with E-state index in [1.54, 1.807) is 19.1 Å². The van der Waals surface area contributed by atoms with Crippen molar-refractivity contribution in [2.24, 2.45) is 5.92 Å². The highest BCUT2D eigenvalue weighted by atomic mass is 16.4. The smallest absolute Gasteiger partial charge is 0.354 e. The number of aromatic carboxylic acids is 1. The molecule has 0 saturated carbocycles. The zero-order valence-electron chi connectivity index (χ0n) is 9.24. The molecule has 15 heavy (non-hydrogen) atoms. The first-order chi connectivity index (χ1) is 7.00. The van der Waals surface area contributed by atoms with E-state index in [1.807, 2.05) is 0 Å². The van der Waals surface area contributed by atoms with Crippen molar-refractivity contribution >= 4 is 11.8 Å². The Morgan fingerprint density at radius 3 is 2.73 bits per heavy atom. The number of pyridine rings is 1. The van der Waals surface area contributed by atoms with Gasteiger partial charge in [-0.3, -0.25) is 0 Å².